The van der Waals surface area contributed by atoms with Crippen LogP contribution in [0, 0.1) is 10.7 Å². The molecule has 0 radical (unpaired) electrons. The van der Waals surface area contributed by atoms with Gasteiger partial charge in [-0.1, -0.05) is 19.8 Å². The number of H-pyrrole nitrogens is 1. The molecule has 0 aliphatic heterocycles. The Morgan fingerprint density at radius 2 is 2.05 bits per heavy atom. The van der Waals surface area contributed by atoms with Crippen molar-refractivity contribution in [1.29, 1.82) is 0 Å². The molecule has 2 heterocycles. The fourth-order valence-corrected chi connectivity index (χ4v) is 5.73. The SMILES string of the molecule is CC1CCc2c(sc3[nH]c(=S)n(C4CCCC4)c(=O)c23)C1. The Bertz CT molecular complexity index is 808. The van der Waals surface area contributed by atoms with Gasteiger partial charge in [0.2, 0.25) is 0 Å². The summed E-state index contributed by atoms with van der Waals surface area (Å²) in [4.78, 5) is 18.8. The smallest absolute Gasteiger partial charge is 0.263 e. The van der Waals surface area contributed by atoms with Crippen LogP contribution in [0.2, 0.25) is 0 Å². The first-order valence-corrected chi connectivity index (χ1v) is 9.16. The second kappa shape index (κ2) is 5.06. The average Bonchev–Trinajstić information content (AvgIpc) is 3.05. The summed E-state index contributed by atoms with van der Waals surface area (Å²) in [6.45, 7) is 2.30. The van der Waals surface area contributed by atoms with E-state index in [9.17, 15) is 4.79 Å². The minimum Gasteiger partial charge on any atom is -0.323 e. The Morgan fingerprint density at radius 3 is 2.81 bits per heavy atom. The summed E-state index contributed by atoms with van der Waals surface area (Å²) in [5.74, 6) is 0.727. The highest BCUT2D eigenvalue weighted by Crippen LogP contribution is 2.36. The Kier molecular flexibility index (Phi) is 3.30. The third-order valence-electron chi connectivity index (χ3n) is 5.07. The monoisotopic (exact) mass is 320 g/mol. The third kappa shape index (κ3) is 2.13. The minimum absolute atomic E-state index is 0.160. The van der Waals surface area contributed by atoms with Crippen LogP contribution in [0.4, 0.5) is 0 Å². The largest absolute Gasteiger partial charge is 0.323 e. The molecule has 4 rings (SSSR count). The van der Waals surface area contributed by atoms with E-state index in [0.717, 1.165) is 41.8 Å². The van der Waals surface area contributed by atoms with Crippen molar-refractivity contribution >= 4 is 33.8 Å². The zero-order valence-corrected chi connectivity index (χ0v) is 13.9. The maximum atomic E-state index is 13.0. The number of nitrogens with zero attached hydrogens (tertiary/aromatic N) is 1. The number of fused-ring (bicyclic) bond motifs is 3. The molecule has 5 heteroatoms. The molecular formula is C16H20N2OS2. The zero-order chi connectivity index (χ0) is 14.6. The summed E-state index contributed by atoms with van der Waals surface area (Å²) in [6, 6.07) is 0.309. The fraction of sp³-hybridized carbons (Fsp3) is 0.625. The molecule has 1 N–H and O–H groups in total. The van der Waals surface area contributed by atoms with Crippen LogP contribution in [0.3, 0.4) is 0 Å². The Labute approximate surface area is 133 Å². The van der Waals surface area contributed by atoms with Crippen LogP contribution >= 0.6 is 23.6 Å². The Hall–Kier alpha value is -0.940. The lowest BCUT2D eigenvalue weighted by Gasteiger charge is -2.18. The Morgan fingerprint density at radius 1 is 1.29 bits per heavy atom. The first-order chi connectivity index (χ1) is 10.1. The van der Waals surface area contributed by atoms with Gasteiger partial charge in [-0.2, -0.15) is 0 Å². The predicted molar refractivity (Wildman–Crippen MR) is 90.0 cm³/mol. The summed E-state index contributed by atoms with van der Waals surface area (Å²) in [5, 5.41) is 0.933. The maximum absolute atomic E-state index is 13.0. The molecule has 3 nitrogen and oxygen atoms in total. The van der Waals surface area contributed by atoms with Crippen LogP contribution < -0.4 is 5.56 Å². The fourth-order valence-electron chi connectivity index (χ4n) is 3.93. The van der Waals surface area contributed by atoms with Crippen molar-refractivity contribution < 1.29 is 0 Å². The van der Waals surface area contributed by atoms with Gasteiger partial charge in [0.15, 0.2) is 4.77 Å². The second-order valence-electron chi connectivity index (χ2n) is 6.60. The number of nitrogens with one attached hydrogen (secondary N) is 1. The molecule has 2 aromatic heterocycles. The molecule has 21 heavy (non-hydrogen) atoms. The van der Waals surface area contributed by atoms with E-state index < -0.39 is 0 Å². The van der Waals surface area contributed by atoms with E-state index in [4.69, 9.17) is 12.2 Å². The average molecular weight is 320 g/mol. The topological polar surface area (TPSA) is 37.8 Å². The second-order valence-corrected chi connectivity index (χ2v) is 8.09. The highest BCUT2D eigenvalue weighted by molar-refractivity contribution is 7.71. The molecule has 1 saturated carbocycles. The van der Waals surface area contributed by atoms with Crippen LogP contribution in [-0.2, 0) is 12.8 Å². The van der Waals surface area contributed by atoms with E-state index in [1.807, 2.05) is 4.57 Å². The van der Waals surface area contributed by atoms with Crippen LogP contribution in [0.1, 0.15) is 55.5 Å². The van der Waals surface area contributed by atoms with E-state index in [1.165, 1.54) is 29.7 Å². The molecule has 0 bridgehead atoms. The van der Waals surface area contributed by atoms with Gasteiger partial charge in [0, 0.05) is 10.9 Å². The normalized spacial score (nSPS) is 22.8. The summed E-state index contributed by atoms with van der Waals surface area (Å²) in [5.41, 5.74) is 1.46. The first-order valence-electron chi connectivity index (χ1n) is 7.94. The summed E-state index contributed by atoms with van der Waals surface area (Å²) in [6.07, 6.45) is 7.95. The van der Waals surface area contributed by atoms with Crippen molar-refractivity contribution in [3.63, 3.8) is 0 Å². The molecule has 1 atom stereocenters. The summed E-state index contributed by atoms with van der Waals surface area (Å²) in [7, 11) is 0. The molecule has 2 aliphatic carbocycles. The van der Waals surface area contributed by atoms with Crippen LogP contribution in [0.5, 0.6) is 0 Å². The highest BCUT2D eigenvalue weighted by Gasteiger charge is 2.25. The van der Waals surface area contributed by atoms with E-state index in [2.05, 4.69) is 11.9 Å². The lowest BCUT2D eigenvalue weighted by atomic mass is 9.89. The van der Waals surface area contributed by atoms with Crippen LogP contribution in [0.25, 0.3) is 10.2 Å². The zero-order valence-electron chi connectivity index (χ0n) is 12.3. The van der Waals surface area contributed by atoms with Crippen molar-refractivity contribution in [2.45, 2.75) is 57.9 Å². The van der Waals surface area contributed by atoms with Gasteiger partial charge in [0.1, 0.15) is 4.83 Å². The lowest BCUT2D eigenvalue weighted by Crippen LogP contribution is -2.25. The van der Waals surface area contributed by atoms with Gasteiger partial charge < -0.3 is 4.98 Å². The molecule has 0 amide bonds. The first kappa shape index (κ1) is 13.7. The number of hydrogen-bond acceptors (Lipinski definition) is 3. The maximum Gasteiger partial charge on any atom is 0.263 e. The highest BCUT2D eigenvalue weighted by atomic mass is 32.1. The molecule has 1 fully saturated rings. The predicted octanol–water partition coefficient (Wildman–Crippen LogP) is 4.36. The number of aromatic amines is 1. The van der Waals surface area contributed by atoms with Crippen LogP contribution in [-0.4, -0.2) is 9.55 Å². The number of aromatic nitrogens is 2. The van der Waals surface area contributed by atoms with Crippen molar-refractivity contribution in [3.05, 3.63) is 25.6 Å². The van der Waals surface area contributed by atoms with Crippen molar-refractivity contribution in [2.24, 2.45) is 5.92 Å². The molecular weight excluding hydrogens is 300 g/mol. The van der Waals surface area contributed by atoms with E-state index in [-0.39, 0.29) is 5.56 Å². The van der Waals surface area contributed by atoms with Crippen molar-refractivity contribution in [2.75, 3.05) is 0 Å². The van der Waals surface area contributed by atoms with Crippen molar-refractivity contribution in [3.8, 4) is 0 Å². The van der Waals surface area contributed by atoms with Gasteiger partial charge in [-0.15, -0.1) is 11.3 Å². The Balaban J connectivity index is 1.97. The lowest BCUT2D eigenvalue weighted by molar-refractivity contribution is 0.491. The van der Waals surface area contributed by atoms with Gasteiger partial charge in [0.25, 0.3) is 5.56 Å². The minimum atomic E-state index is 0.160. The standard InChI is InChI=1S/C16H20N2OS2/c1-9-6-7-11-12(8-9)21-14-13(11)15(19)18(16(20)17-14)10-4-2-3-5-10/h9-10H,2-8H2,1H3,(H,17,20). The van der Waals surface area contributed by atoms with Gasteiger partial charge >= 0.3 is 0 Å². The van der Waals surface area contributed by atoms with Gasteiger partial charge in [0.05, 0.1) is 5.39 Å². The van der Waals surface area contributed by atoms with Gasteiger partial charge in [-0.25, -0.2) is 0 Å². The molecule has 0 saturated heterocycles. The van der Waals surface area contributed by atoms with Gasteiger partial charge in [-0.05, 0) is 55.8 Å². The number of hydrogen-bond donors (Lipinski definition) is 1. The molecule has 112 valence electrons. The van der Waals surface area contributed by atoms with E-state index in [0.29, 0.717) is 10.8 Å². The van der Waals surface area contributed by atoms with Gasteiger partial charge in [-0.3, -0.25) is 9.36 Å². The molecule has 2 aromatic rings. The number of thiophene rings is 1. The number of rotatable bonds is 1. The van der Waals surface area contributed by atoms with E-state index in [1.54, 1.807) is 11.3 Å². The quantitative estimate of drug-likeness (QED) is 0.793. The number of aryl methyl sites for hydroxylation is 1. The molecule has 0 aromatic carbocycles. The molecule has 1 unspecified atom stereocenters. The van der Waals surface area contributed by atoms with Crippen molar-refractivity contribution in [1.82, 2.24) is 9.55 Å². The van der Waals surface area contributed by atoms with E-state index >= 15 is 0 Å². The summed E-state index contributed by atoms with van der Waals surface area (Å²) < 4.78 is 2.49. The van der Waals surface area contributed by atoms with Crippen LogP contribution in [0.15, 0.2) is 4.79 Å². The molecule has 2 aliphatic rings. The third-order valence-corrected chi connectivity index (χ3v) is 6.54. The summed E-state index contributed by atoms with van der Waals surface area (Å²) >= 11 is 7.23. The molecule has 0 spiro atoms.